The van der Waals surface area contributed by atoms with Crippen LogP contribution < -0.4 is 4.74 Å². The number of benzene rings is 3. The molecule has 2 nitrogen and oxygen atoms in total. The molecule has 0 saturated heterocycles. The van der Waals surface area contributed by atoms with Gasteiger partial charge < -0.3 is 9.84 Å². The zero-order chi connectivity index (χ0) is 13.2. The SMILES string of the molecule is COc1cccc2cc(-c3ccccc3O)ccc12. The first-order valence-electron chi connectivity index (χ1n) is 6.15. The van der Waals surface area contributed by atoms with Gasteiger partial charge in [-0.3, -0.25) is 0 Å². The fraction of sp³-hybridized carbons (Fsp3) is 0.0588. The van der Waals surface area contributed by atoms with Crippen molar-refractivity contribution in [1.82, 2.24) is 0 Å². The maximum Gasteiger partial charge on any atom is 0.126 e. The molecular weight excluding hydrogens is 236 g/mol. The van der Waals surface area contributed by atoms with E-state index in [0.29, 0.717) is 5.75 Å². The van der Waals surface area contributed by atoms with E-state index in [9.17, 15) is 5.11 Å². The third-order valence-electron chi connectivity index (χ3n) is 3.28. The Labute approximate surface area is 111 Å². The van der Waals surface area contributed by atoms with Crippen LogP contribution in [0, 0.1) is 0 Å². The molecule has 1 N–H and O–H groups in total. The van der Waals surface area contributed by atoms with Gasteiger partial charge in [-0.2, -0.15) is 0 Å². The van der Waals surface area contributed by atoms with Crippen LogP contribution in [-0.4, -0.2) is 12.2 Å². The molecule has 19 heavy (non-hydrogen) atoms. The van der Waals surface area contributed by atoms with E-state index in [4.69, 9.17) is 4.74 Å². The molecule has 0 aliphatic carbocycles. The third kappa shape index (κ3) is 2.02. The number of rotatable bonds is 2. The molecule has 0 aliphatic rings. The van der Waals surface area contributed by atoms with Crippen molar-refractivity contribution in [2.75, 3.05) is 7.11 Å². The van der Waals surface area contributed by atoms with Gasteiger partial charge in [-0.1, -0.05) is 42.5 Å². The Morgan fingerprint density at radius 1 is 0.895 bits per heavy atom. The lowest BCUT2D eigenvalue weighted by molar-refractivity contribution is 0.420. The van der Waals surface area contributed by atoms with Crippen molar-refractivity contribution in [3.05, 3.63) is 60.7 Å². The van der Waals surface area contributed by atoms with E-state index in [1.54, 1.807) is 13.2 Å². The Kier molecular flexibility index (Phi) is 2.84. The number of hydrogen-bond acceptors (Lipinski definition) is 2. The molecule has 0 heterocycles. The van der Waals surface area contributed by atoms with E-state index in [-0.39, 0.29) is 0 Å². The smallest absolute Gasteiger partial charge is 0.126 e. The average molecular weight is 250 g/mol. The molecule has 2 heteroatoms. The highest BCUT2D eigenvalue weighted by Crippen LogP contribution is 2.33. The van der Waals surface area contributed by atoms with Gasteiger partial charge in [0.2, 0.25) is 0 Å². The van der Waals surface area contributed by atoms with Crippen molar-refractivity contribution in [3.8, 4) is 22.6 Å². The summed E-state index contributed by atoms with van der Waals surface area (Å²) in [6.45, 7) is 0. The fourth-order valence-corrected chi connectivity index (χ4v) is 2.32. The molecule has 0 atom stereocenters. The van der Waals surface area contributed by atoms with E-state index in [1.807, 2.05) is 48.5 Å². The molecule has 0 fully saturated rings. The monoisotopic (exact) mass is 250 g/mol. The molecule has 0 radical (unpaired) electrons. The number of ether oxygens (including phenoxy) is 1. The Hall–Kier alpha value is -2.48. The summed E-state index contributed by atoms with van der Waals surface area (Å²) in [4.78, 5) is 0. The second kappa shape index (κ2) is 4.65. The highest BCUT2D eigenvalue weighted by molar-refractivity contribution is 5.92. The predicted molar refractivity (Wildman–Crippen MR) is 77.6 cm³/mol. The molecule has 3 aromatic carbocycles. The van der Waals surface area contributed by atoms with Crippen LogP contribution in [-0.2, 0) is 0 Å². The van der Waals surface area contributed by atoms with Gasteiger partial charge in [0.15, 0.2) is 0 Å². The molecule has 0 aromatic heterocycles. The lowest BCUT2D eigenvalue weighted by Gasteiger charge is -2.08. The first-order chi connectivity index (χ1) is 9.29. The summed E-state index contributed by atoms with van der Waals surface area (Å²) >= 11 is 0. The van der Waals surface area contributed by atoms with Crippen LogP contribution in [0.15, 0.2) is 60.7 Å². The lowest BCUT2D eigenvalue weighted by atomic mass is 10.0. The number of para-hydroxylation sites is 1. The minimum absolute atomic E-state index is 0.296. The van der Waals surface area contributed by atoms with Gasteiger partial charge in [-0.15, -0.1) is 0 Å². The predicted octanol–water partition coefficient (Wildman–Crippen LogP) is 4.22. The van der Waals surface area contributed by atoms with Crippen molar-refractivity contribution in [2.24, 2.45) is 0 Å². The van der Waals surface area contributed by atoms with Gasteiger partial charge in [0.05, 0.1) is 7.11 Å². The molecule has 0 amide bonds. The van der Waals surface area contributed by atoms with Gasteiger partial charge in [0, 0.05) is 10.9 Å². The van der Waals surface area contributed by atoms with Gasteiger partial charge in [-0.05, 0) is 29.1 Å². The number of phenols is 1. The quantitative estimate of drug-likeness (QED) is 0.737. The molecule has 0 unspecified atom stereocenters. The van der Waals surface area contributed by atoms with Crippen LogP contribution in [0.3, 0.4) is 0 Å². The lowest BCUT2D eigenvalue weighted by Crippen LogP contribution is -1.85. The van der Waals surface area contributed by atoms with Crippen LogP contribution in [0.5, 0.6) is 11.5 Å². The van der Waals surface area contributed by atoms with Crippen LogP contribution in [0.1, 0.15) is 0 Å². The minimum atomic E-state index is 0.296. The maximum atomic E-state index is 9.91. The molecule has 0 aliphatic heterocycles. The third-order valence-corrected chi connectivity index (χ3v) is 3.28. The zero-order valence-corrected chi connectivity index (χ0v) is 10.6. The van der Waals surface area contributed by atoms with E-state index < -0.39 is 0 Å². The summed E-state index contributed by atoms with van der Waals surface area (Å²) in [5.74, 6) is 1.16. The zero-order valence-electron chi connectivity index (χ0n) is 10.6. The number of aromatic hydroxyl groups is 1. The van der Waals surface area contributed by atoms with Crippen LogP contribution in [0.2, 0.25) is 0 Å². The van der Waals surface area contributed by atoms with Crippen molar-refractivity contribution in [2.45, 2.75) is 0 Å². The van der Waals surface area contributed by atoms with E-state index in [1.165, 1.54) is 0 Å². The Morgan fingerprint density at radius 2 is 1.74 bits per heavy atom. The number of fused-ring (bicyclic) bond motifs is 1. The molecule has 0 spiro atoms. The summed E-state index contributed by atoms with van der Waals surface area (Å²) in [6, 6.07) is 19.4. The number of methoxy groups -OCH3 is 1. The summed E-state index contributed by atoms with van der Waals surface area (Å²) in [5.41, 5.74) is 1.84. The van der Waals surface area contributed by atoms with E-state index in [0.717, 1.165) is 27.6 Å². The topological polar surface area (TPSA) is 29.5 Å². The van der Waals surface area contributed by atoms with Crippen molar-refractivity contribution >= 4 is 10.8 Å². The molecule has 0 saturated carbocycles. The standard InChI is InChI=1S/C17H14O2/c1-19-17-8-4-5-12-11-13(9-10-15(12)17)14-6-2-3-7-16(14)18/h2-11,18H,1H3. The van der Waals surface area contributed by atoms with Gasteiger partial charge >= 0.3 is 0 Å². The first kappa shape index (κ1) is 11.6. The maximum absolute atomic E-state index is 9.91. The van der Waals surface area contributed by atoms with Gasteiger partial charge in [-0.25, -0.2) is 0 Å². The number of hydrogen-bond donors (Lipinski definition) is 1. The van der Waals surface area contributed by atoms with Crippen molar-refractivity contribution < 1.29 is 9.84 Å². The average Bonchev–Trinajstić information content (AvgIpc) is 2.46. The normalized spacial score (nSPS) is 10.6. The minimum Gasteiger partial charge on any atom is -0.507 e. The fourth-order valence-electron chi connectivity index (χ4n) is 2.32. The molecule has 3 aromatic rings. The van der Waals surface area contributed by atoms with Crippen LogP contribution in [0.4, 0.5) is 0 Å². The first-order valence-corrected chi connectivity index (χ1v) is 6.15. The summed E-state index contributed by atoms with van der Waals surface area (Å²) in [7, 11) is 1.67. The Balaban J connectivity index is 2.20. The molecular formula is C17H14O2. The largest absolute Gasteiger partial charge is 0.507 e. The van der Waals surface area contributed by atoms with Crippen LogP contribution in [0.25, 0.3) is 21.9 Å². The van der Waals surface area contributed by atoms with Crippen LogP contribution >= 0.6 is 0 Å². The number of phenolic OH excluding ortho intramolecular Hbond substituents is 1. The Bertz CT molecular complexity index is 732. The molecule has 94 valence electrons. The highest BCUT2D eigenvalue weighted by atomic mass is 16.5. The summed E-state index contributed by atoms with van der Waals surface area (Å²) in [5, 5.41) is 12.1. The molecule has 0 bridgehead atoms. The van der Waals surface area contributed by atoms with Gasteiger partial charge in [0.25, 0.3) is 0 Å². The second-order valence-electron chi connectivity index (χ2n) is 4.41. The van der Waals surface area contributed by atoms with Crippen molar-refractivity contribution in [1.29, 1.82) is 0 Å². The summed E-state index contributed by atoms with van der Waals surface area (Å²) in [6.07, 6.45) is 0. The van der Waals surface area contributed by atoms with E-state index in [2.05, 4.69) is 6.07 Å². The highest BCUT2D eigenvalue weighted by Gasteiger charge is 2.06. The van der Waals surface area contributed by atoms with E-state index >= 15 is 0 Å². The second-order valence-corrected chi connectivity index (χ2v) is 4.41. The molecule has 3 rings (SSSR count). The summed E-state index contributed by atoms with van der Waals surface area (Å²) < 4.78 is 5.35. The van der Waals surface area contributed by atoms with Gasteiger partial charge in [0.1, 0.15) is 11.5 Å². The Morgan fingerprint density at radius 3 is 2.53 bits per heavy atom. The van der Waals surface area contributed by atoms with Crippen molar-refractivity contribution in [3.63, 3.8) is 0 Å².